The van der Waals surface area contributed by atoms with Gasteiger partial charge in [-0.15, -0.1) is 0 Å². The van der Waals surface area contributed by atoms with E-state index in [1.54, 1.807) is 31.2 Å². The van der Waals surface area contributed by atoms with Crippen LogP contribution in [0.5, 0.6) is 11.5 Å². The number of nitrogens with zero attached hydrogens (tertiary/aromatic N) is 3. The second kappa shape index (κ2) is 5.98. The zero-order valence-electron chi connectivity index (χ0n) is 12.1. The van der Waals surface area contributed by atoms with E-state index in [9.17, 15) is 0 Å². The minimum atomic E-state index is 0.463. The van der Waals surface area contributed by atoms with Crippen LogP contribution in [0.15, 0.2) is 42.7 Å². The molecule has 0 saturated carbocycles. The second-order valence-corrected chi connectivity index (χ2v) is 4.85. The Kier molecular flexibility index (Phi) is 3.88. The van der Waals surface area contributed by atoms with Crippen molar-refractivity contribution in [2.24, 2.45) is 0 Å². The van der Waals surface area contributed by atoms with Gasteiger partial charge in [-0.2, -0.15) is 5.10 Å². The van der Waals surface area contributed by atoms with Gasteiger partial charge in [0.25, 0.3) is 0 Å². The number of hydrogen-bond acceptors (Lipinski definition) is 5. The summed E-state index contributed by atoms with van der Waals surface area (Å²) in [7, 11) is 3.22. The zero-order valence-corrected chi connectivity index (χ0v) is 12.9. The van der Waals surface area contributed by atoms with Crippen molar-refractivity contribution in [2.75, 3.05) is 14.2 Å². The summed E-state index contributed by atoms with van der Waals surface area (Å²) in [6, 6.07) is 9.27. The first-order chi connectivity index (χ1) is 10.7. The van der Waals surface area contributed by atoms with Gasteiger partial charge in [0.2, 0.25) is 0 Å². The summed E-state index contributed by atoms with van der Waals surface area (Å²) >= 11 is 5.37. The van der Waals surface area contributed by atoms with Gasteiger partial charge in [0.05, 0.1) is 19.9 Å². The van der Waals surface area contributed by atoms with Gasteiger partial charge in [-0.1, -0.05) is 0 Å². The predicted octanol–water partition coefficient (Wildman–Crippen LogP) is 3.01. The van der Waals surface area contributed by atoms with Crippen LogP contribution in [0.2, 0.25) is 0 Å². The number of methoxy groups -OCH3 is 2. The Bertz CT molecular complexity index is 842. The Morgan fingerprint density at radius 2 is 2.05 bits per heavy atom. The van der Waals surface area contributed by atoms with Crippen molar-refractivity contribution in [3.63, 3.8) is 0 Å². The van der Waals surface area contributed by atoms with E-state index in [0.717, 1.165) is 11.3 Å². The van der Waals surface area contributed by atoms with E-state index in [0.29, 0.717) is 22.1 Å². The molecule has 2 heterocycles. The van der Waals surface area contributed by atoms with Crippen LogP contribution in [0.1, 0.15) is 0 Å². The lowest BCUT2D eigenvalue weighted by Gasteiger charge is -2.12. The molecule has 0 bridgehead atoms. The molecule has 0 radical (unpaired) electrons. The Labute approximate surface area is 132 Å². The second-order valence-electron chi connectivity index (χ2n) is 4.47. The molecule has 0 saturated heterocycles. The van der Waals surface area contributed by atoms with Crippen molar-refractivity contribution in [3.05, 3.63) is 47.5 Å². The maximum Gasteiger partial charge on any atom is 0.200 e. The number of rotatable bonds is 4. The van der Waals surface area contributed by atoms with Crippen molar-refractivity contribution in [1.82, 2.24) is 19.7 Å². The summed E-state index contributed by atoms with van der Waals surface area (Å²) in [5, 5.41) is 7.12. The highest BCUT2D eigenvalue weighted by Crippen LogP contribution is 2.30. The van der Waals surface area contributed by atoms with Crippen molar-refractivity contribution in [1.29, 1.82) is 0 Å². The third-order valence-corrected chi connectivity index (χ3v) is 3.49. The molecule has 3 rings (SSSR count). The van der Waals surface area contributed by atoms with Crippen molar-refractivity contribution < 1.29 is 9.47 Å². The molecule has 1 N–H and O–H groups in total. The van der Waals surface area contributed by atoms with Gasteiger partial charge in [0.15, 0.2) is 10.6 Å². The summed E-state index contributed by atoms with van der Waals surface area (Å²) in [4.78, 5) is 4.12. The smallest absolute Gasteiger partial charge is 0.200 e. The van der Waals surface area contributed by atoms with Crippen molar-refractivity contribution in [2.45, 2.75) is 0 Å². The van der Waals surface area contributed by atoms with Crippen LogP contribution >= 0.6 is 12.2 Å². The first kappa shape index (κ1) is 14.3. The molecule has 112 valence electrons. The van der Waals surface area contributed by atoms with Crippen molar-refractivity contribution >= 4 is 12.2 Å². The summed E-state index contributed by atoms with van der Waals surface area (Å²) < 4.78 is 13.0. The molecule has 0 aliphatic rings. The summed E-state index contributed by atoms with van der Waals surface area (Å²) in [5.41, 5.74) is 1.60. The number of ether oxygens (including phenoxy) is 2. The minimum Gasteiger partial charge on any atom is -0.497 e. The number of H-pyrrole nitrogens is 1. The summed E-state index contributed by atoms with van der Waals surface area (Å²) in [5.74, 6) is 2.03. The first-order valence-electron chi connectivity index (χ1n) is 6.55. The third kappa shape index (κ3) is 2.46. The number of nitrogens with one attached hydrogen (secondary N) is 1. The number of hydrogen-bond donors (Lipinski definition) is 1. The van der Waals surface area contributed by atoms with E-state index in [2.05, 4.69) is 15.2 Å². The Morgan fingerprint density at radius 3 is 2.73 bits per heavy atom. The molecule has 0 unspecified atom stereocenters. The van der Waals surface area contributed by atoms with Gasteiger partial charge in [0, 0.05) is 24.0 Å². The molecule has 0 atom stereocenters. The quantitative estimate of drug-likeness (QED) is 0.750. The van der Waals surface area contributed by atoms with Gasteiger partial charge in [0.1, 0.15) is 11.5 Å². The van der Waals surface area contributed by atoms with E-state index < -0.39 is 0 Å². The molecule has 7 heteroatoms. The number of aromatic amines is 1. The van der Waals surface area contributed by atoms with Gasteiger partial charge in [-0.25, -0.2) is 0 Å². The molecule has 22 heavy (non-hydrogen) atoms. The van der Waals surface area contributed by atoms with Gasteiger partial charge >= 0.3 is 0 Å². The van der Waals surface area contributed by atoms with Gasteiger partial charge < -0.3 is 9.47 Å². The minimum absolute atomic E-state index is 0.463. The molecule has 0 spiro atoms. The fraction of sp³-hybridized carbons (Fsp3) is 0.133. The van der Waals surface area contributed by atoms with Crippen molar-refractivity contribution in [3.8, 4) is 28.6 Å². The summed E-state index contributed by atoms with van der Waals surface area (Å²) in [6.07, 6.45) is 3.44. The van der Waals surface area contributed by atoms with E-state index in [-0.39, 0.29) is 0 Å². The molecule has 2 aromatic heterocycles. The largest absolute Gasteiger partial charge is 0.497 e. The monoisotopic (exact) mass is 314 g/mol. The molecule has 0 aliphatic heterocycles. The molecule has 1 aromatic carbocycles. The number of aromatic nitrogens is 4. The maximum absolute atomic E-state index is 5.43. The first-order valence-corrected chi connectivity index (χ1v) is 6.95. The van der Waals surface area contributed by atoms with Gasteiger partial charge in [-0.05, 0) is 36.5 Å². The average Bonchev–Trinajstić information content (AvgIpc) is 2.96. The number of benzene rings is 1. The van der Waals surface area contributed by atoms with Crippen LogP contribution in [0.25, 0.3) is 17.1 Å². The predicted molar refractivity (Wildman–Crippen MR) is 85.1 cm³/mol. The average molecular weight is 314 g/mol. The zero-order chi connectivity index (χ0) is 15.5. The van der Waals surface area contributed by atoms with Crippen LogP contribution in [0.3, 0.4) is 0 Å². The molecule has 0 aliphatic carbocycles. The van der Waals surface area contributed by atoms with Crippen LogP contribution in [0.4, 0.5) is 0 Å². The topological polar surface area (TPSA) is 65.0 Å². The highest BCUT2D eigenvalue weighted by atomic mass is 32.1. The van der Waals surface area contributed by atoms with E-state index in [1.807, 2.05) is 30.3 Å². The van der Waals surface area contributed by atoms with Gasteiger partial charge in [-0.3, -0.25) is 14.6 Å². The molecular formula is C15H14N4O2S. The van der Waals surface area contributed by atoms with Crippen LogP contribution < -0.4 is 9.47 Å². The van der Waals surface area contributed by atoms with E-state index in [4.69, 9.17) is 21.7 Å². The highest BCUT2D eigenvalue weighted by Gasteiger charge is 2.15. The van der Waals surface area contributed by atoms with Crippen LogP contribution in [-0.4, -0.2) is 34.0 Å². The normalized spacial score (nSPS) is 10.5. The Hall–Kier alpha value is -2.67. The highest BCUT2D eigenvalue weighted by molar-refractivity contribution is 7.71. The third-order valence-electron chi connectivity index (χ3n) is 3.22. The Balaban J connectivity index is 2.25. The molecule has 6 nitrogen and oxygen atoms in total. The molecule has 0 fully saturated rings. The lowest BCUT2D eigenvalue weighted by Crippen LogP contribution is -2.01. The van der Waals surface area contributed by atoms with Crippen LogP contribution in [-0.2, 0) is 0 Å². The van der Waals surface area contributed by atoms with E-state index in [1.165, 1.54) is 0 Å². The molecule has 0 amide bonds. The van der Waals surface area contributed by atoms with E-state index >= 15 is 0 Å². The fourth-order valence-electron chi connectivity index (χ4n) is 2.18. The maximum atomic E-state index is 5.43. The Morgan fingerprint density at radius 1 is 1.18 bits per heavy atom. The SMILES string of the molecule is COc1ccc(OC)c(-n2c(-c3cccnc3)n[nH]c2=S)c1. The standard InChI is InChI=1S/C15H14N4O2S/c1-20-11-5-6-13(21-2)12(8-11)19-14(17-18-15(19)22)10-4-3-7-16-9-10/h3-9H,1-2H3,(H,18,22). The number of pyridine rings is 1. The fourth-order valence-corrected chi connectivity index (χ4v) is 2.41. The lowest BCUT2D eigenvalue weighted by molar-refractivity contribution is 0.401. The van der Waals surface area contributed by atoms with Crippen LogP contribution in [0, 0.1) is 4.77 Å². The molecular weight excluding hydrogens is 300 g/mol. The lowest BCUT2D eigenvalue weighted by atomic mass is 10.2. The summed E-state index contributed by atoms with van der Waals surface area (Å²) in [6.45, 7) is 0. The molecule has 3 aromatic rings.